The van der Waals surface area contributed by atoms with E-state index < -0.39 is 0 Å². The van der Waals surface area contributed by atoms with Crippen molar-refractivity contribution in [2.24, 2.45) is 23.7 Å². The van der Waals surface area contributed by atoms with E-state index in [0.29, 0.717) is 29.6 Å². The molecule has 1 aliphatic heterocycles. The van der Waals surface area contributed by atoms with Crippen molar-refractivity contribution in [3.05, 3.63) is 20.8 Å². The Labute approximate surface area is 199 Å². The number of unbranched alkanes of at least 4 members (excludes halogenated alkanes) is 5. The van der Waals surface area contributed by atoms with Crippen molar-refractivity contribution < 1.29 is 9.84 Å². The zero-order chi connectivity index (χ0) is 22.3. The number of aromatic hydroxyl groups is 1. The van der Waals surface area contributed by atoms with Crippen LogP contribution in [0.1, 0.15) is 104 Å². The van der Waals surface area contributed by atoms with Gasteiger partial charge in [0.15, 0.2) is 0 Å². The van der Waals surface area contributed by atoms with Gasteiger partial charge in [-0.1, -0.05) is 79.6 Å². The van der Waals surface area contributed by atoms with E-state index in [-0.39, 0.29) is 0 Å². The number of hydrogen-bond acceptors (Lipinski definition) is 2. The van der Waals surface area contributed by atoms with Crippen molar-refractivity contribution in [1.29, 1.82) is 0 Å². The summed E-state index contributed by atoms with van der Waals surface area (Å²) in [5.74, 6) is 4.25. The first-order valence-electron chi connectivity index (χ1n) is 12.4. The average Bonchev–Trinajstić information content (AvgIpc) is 2.70. The molecule has 1 aromatic rings. The molecule has 0 amide bonds. The van der Waals surface area contributed by atoms with Crippen LogP contribution in [-0.4, -0.2) is 11.2 Å². The van der Waals surface area contributed by atoms with Crippen molar-refractivity contribution in [3.63, 3.8) is 0 Å². The Balaban J connectivity index is 1.92. The second-order valence-corrected chi connectivity index (χ2v) is 11.5. The Morgan fingerprint density at radius 1 is 1.00 bits per heavy atom. The molecule has 3 unspecified atom stereocenters. The molecule has 3 heteroatoms. The number of aryl methyl sites for hydroxylation is 1. The summed E-state index contributed by atoms with van der Waals surface area (Å²) in [6, 6.07) is 1.86. The maximum Gasteiger partial charge on any atom is 0.129 e. The molecule has 0 radical (unpaired) electrons. The Morgan fingerprint density at radius 2 is 1.60 bits per heavy atom. The third-order valence-electron chi connectivity index (χ3n) is 7.20. The van der Waals surface area contributed by atoms with Crippen LogP contribution in [0, 0.1) is 34.2 Å². The summed E-state index contributed by atoms with van der Waals surface area (Å²) in [4.78, 5) is 0. The molecule has 1 N–H and O–H groups in total. The number of phenolic OH excluding ortho intramolecular Hbond substituents is 1. The molecule has 30 heavy (non-hydrogen) atoms. The van der Waals surface area contributed by atoms with Crippen LogP contribution in [0.15, 0.2) is 6.07 Å². The van der Waals surface area contributed by atoms with Crippen LogP contribution in [0.3, 0.4) is 0 Å². The van der Waals surface area contributed by atoms with Crippen molar-refractivity contribution in [1.82, 2.24) is 0 Å². The van der Waals surface area contributed by atoms with Crippen LogP contribution < -0.4 is 4.74 Å². The Hall–Kier alpha value is -0.450. The minimum Gasteiger partial charge on any atom is -0.507 e. The van der Waals surface area contributed by atoms with E-state index in [4.69, 9.17) is 4.74 Å². The summed E-state index contributed by atoms with van der Waals surface area (Å²) in [7, 11) is 0. The Bertz CT molecular complexity index is 653. The fourth-order valence-electron chi connectivity index (χ4n) is 4.93. The van der Waals surface area contributed by atoms with Gasteiger partial charge in [-0.15, -0.1) is 0 Å². The van der Waals surface area contributed by atoms with Crippen LogP contribution in [0.2, 0.25) is 0 Å². The summed E-state index contributed by atoms with van der Waals surface area (Å²) in [5.41, 5.74) is 2.28. The van der Waals surface area contributed by atoms with Crippen LogP contribution in [-0.2, 0) is 6.42 Å². The first kappa shape index (κ1) is 25.8. The van der Waals surface area contributed by atoms with E-state index in [0.717, 1.165) is 33.6 Å². The minimum absolute atomic E-state index is 0.306. The summed E-state index contributed by atoms with van der Waals surface area (Å²) < 4.78 is 7.62. The lowest BCUT2D eigenvalue weighted by atomic mass is 9.76. The van der Waals surface area contributed by atoms with Gasteiger partial charge in [0.1, 0.15) is 17.6 Å². The molecule has 3 atom stereocenters. The maximum atomic E-state index is 10.2. The molecule has 0 aliphatic carbocycles. The summed E-state index contributed by atoms with van der Waals surface area (Å²) >= 11 is 2.27. The number of hydrogen-bond donors (Lipinski definition) is 1. The monoisotopic (exact) mass is 528 g/mol. The normalized spacial score (nSPS) is 18.4. The highest BCUT2D eigenvalue weighted by Gasteiger charge is 2.34. The van der Waals surface area contributed by atoms with E-state index in [2.05, 4.69) is 64.1 Å². The summed E-state index contributed by atoms with van der Waals surface area (Å²) in [6.07, 6.45) is 13.3. The number of rotatable bonds is 12. The first-order valence-corrected chi connectivity index (χ1v) is 13.5. The van der Waals surface area contributed by atoms with Crippen molar-refractivity contribution in [2.45, 2.75) is 112 Å². The second-order valence-electron chi connectivity index (χ2n) is 10.4. The van der Waals surface area contributed by atoms with Crippen LogP contribution >= 0.6 is 22.6 Å². The predicted octanol–water partition coefficient (Wildman–Crippen LogP) is 8.68. The predicted molar refractivity (Wildman–Crippen MR) is 138 cm³/mol. The SMILES string of the molecule is Cc1cc(O)c(I)c2c1OC(C(CCCCCCCCC(C)C)C(C)C(C)C)CC2. The van der Waals surface area contributed by atoms with Gasteiger partial charge in [-0.25, -0.2) is 0 Å². The van der Waals surface area contributed by atoms with Gasteiger partial charge in [-0.3, -0.25) is 0 Å². The van der Waals surface area contributed by atoms with Crippen LogP contribution in [0.4, 0.5) is 0 Å². The molecule has 1 aromatic carbocycles. The fraction of sp³-hybridized carbons (Fsp3) is 0.778. The van der Waals surface area contributed by atoms with Gasteiger partial charge in [-0.2, -0.15) is 0 Å². The highest BCUT2D eigenvalue weighted by atomic mass is 127. The molecule has 172 valence electrons. The van der Waals surface area contributed by atoms with Crippen molar-refractivity contribution in [3.8, 4) is 11.5 Å². The van der Waals surface area contributed by atoms with E-state index in [9.17, 15) is 5.11 Å². The summed E-state index contributed by atoms with van der Waals surface area (Å²) in [5, 5.41) is 10.2. The van der Waals surface area contributed by atoms with Gasteiger partial charge in [-0.05, 0) is 84.1 Å². The zero-order valence-electron chi connectivity index (χ0n) is 20.3. The second kappa shape index (κ2) is 12.6. The van der Waals surface area contributed by atoms with E-state index in [1.165, 1.54) is 56.9 Å². The molecule has 0 saturated carbocycles. The number of halogens is 1. The molecule has 2 rings (SSSR count). The lowest BCUT2D eigenvalue weighted by molar-refractivity contribution is 0.0579. The third kappa shape index (κ3) is 7.31. The molecule has 2 nitrogen and oxygen atoms in total. The average molecular weight is 529 g/mol. The molecule has 1 aliphatic rings. The Morgan fingerprint density at radius 3 is 2.20 bits per heavy atom. The minimum atomic E-state index is 0.306. The Kier molecular flexibility index (Phi) is 10.8. The number of benzene rings is 1. The molecule has 1 heterocycles. The maximum absolute atomic E-state index is 10.2. The van der Waals surface area contributed by atoms with Gasteiger partial charge in [0.25, 0.3) is 0 Å². The van der Waals surface area contributed by atoms with Gasteiger partial charge in [0, 0.05) is 5.56 Å². The summed E-state index contributed by atoms with van der Waals surface area (Å²) in [6.45, 7) is 13.9. The topological polar surface area (TPSA) is 29.5 Å². The lowest BCUT2D eigenvalue weighted by Crippen LogP contribution is -2.36. The molecular formula is C27H45IO2. The van der Waals surface area contributed by atoms with E-state index >= 15 is 0 Å². The van der Waals surface area contributed by atoms with Gasteiger partial charge in [0.2, 0.25) is 0 Å². The molecule has 0 bridgehead atoms. The largest absolute Gasteiger partial charge is 0.507 e. The van der Waals surface area contributed by atoms with Gasteiger partial charge >= 0.3 is 0 Å². The molecule has 0 fully saturated rings. The highest BCUT2D eigenvalue weighted by Crippen LogP contribution is 2.42. The van der Waals surface area contributed by atoms with Crippen LogP contribution in [0.25, 0.3) is 0 Å². The number of fused-ring (bicyclic) bond motifs is 1. The quantitative estimate of drug-likeness (QED) is 0.217. The lowest BCUT2D eigenvalue weighted by Gasteiger charge is -2.38. The first-order chi connectivity index (χ1) is 14.2. The van der Waals surface area contributed by atoms with Crippen LogP contribution in [0.5, 0.6) is 11.5 Å². The number of phenols is 1. The third-order valence-corrected chi connectivity index (χ3v) is 8.40. The van der Waals surface area contributed by atoms with Gasteiger partial charge < -0.3 is 9.84 Å². The molecule has 0 saturated heterocycles. The van der Waals surface area contributed by atoms with E-state index in [1.807, 2.05) is 6.07 Å². The zero-order valence-corrected chi connectivity index (χ0v) is 22.4. The van der Waals surface area contributed by atoms with E-state index in [1.54, 1.807) is 0 Å². The van der Waals surface area contributed by atoms with Gasteiger partial charge in [0.05, 0.1) is 3.57 Å². The molecule has 0 spiro atoms. The fourth-order valence-corrected chi connectivity index (χ4v) is 5.60. The smallest absolute Gasteiger partial charge is 0.129 e. The molecule has 0 aromatic heterocycles. The molecular weight excluding hydrogens is 483 g/mol. The number of ether oxygens (including phenoxy) is 1. The standard InChI is InChI=1S/C27H45IO2/c1-18(2)13-11-9-7-8-10-12-14-22(21(6)19(3)4)25-16-15-23-26(28)24(29)17-20(5)27(23)30-25/h17-19,21-22,25,29H,7-16H2,1-6H3. The highest BCUT2D eigenvalue weighted by molar-refractivity contribution is 14.1. The van der Waals surface area contributed by atoms with Crippen molar-refractivity contribution >= 4 is 22.6 Å². The van der Waals surface area contributed by atoms with Crippen molar-refractivity contribution in [2.75, 3.05) is 0 Å².